The molecule has 0 aromatic heterocycles. The van der Waals surface area contributed by atoms with E-state index in [9.17, 15) is 14.7 Å². The number of ether oxygens (including phenoxy) is 2. The minimum atomic E-state index is -1.03. The molecule has 0 aliphatic heterocycles. The topological polar surface area (TPSA) is 84.9 Å². The van der Waals surface area contributed by atoms with Crippen LogP contribution in [0.4, 0.5) is 5.69 Å². The maximum atomic E-state index is 12.6. The van der Waals surface area contributed by atoms with Crippen molar-refractivity contribution in [3.05, 3.63) is 52.6 Å². The second-order valence-electron chi connectivity index (χ2n) is 5.77. The van der Waals surface area contributed by atoms with E-state index in [0.717, 1.165) is 5.56 Å². The van der Waals surface area contributed by atoms with Crippen LogP contribution in [-0.2, 0) is 0 Å². The largest absolute Gasteiger partial charge is 0.490 e. The van der Waals surface area contributed by atoms with E-state index >= 15 is 0 Å². The zero-order valence-corrected chi connectivity index (χ0v) is 15.4. The molecular formula is C20H23NO5. The molecule has 0 spiro atoms. The molecule has 1 amide bonds. The SMILES string of the molecule is CCOc1ccc(C(=O)Nc2cc(C(=O)O)c(C)cc2C)cc1OCC. The summed E-state index contributed by atoms with van der Waals surface area (Å²) in [4.78, 5) is 23.9. The molecule has 0 aliphatic carbocycles. The van der Waals surface area contributed by atoms with Crippen LogP contribution in [0.1, 0.15) is 45.7 Å². The monoisotopic (exact) mass is 357 g/mol. The van der Waals surface area contributed by atoms with Crippen molar-refractivity contribution in [2.24, 2.45) is 0 Å². The van der Waals surface area contributed by atoms with Crippen LogP contribution in [0.15, 0.2) is 30.3 Å². The molecule has 0 saturated heterocycles. The van der Waals surface area contributed by atoms with Gasteiger partial charge >= 0.3 is 5.97 Å². The van der Waals surface area contributed by atoms with Gasteiger partial charge in [-0.25, -0.2) is 4.79 Å². The van der Waals surface area contributed by atoms with Crippen LogP contribution in [0.2, 0.25) is 0 Å². The summed E-state index contributed by atoms with van der Waals surface area (Å²) in [6, 6.07) is 8.16. The summed E-state index contributed by atoms with van der Waals surface area (Å²) in [5.41, 5.74) is 2.45. The molecule has 6 heteroatoms. The van der Waals surface area contributed by atoms with Gasteiger partial charge < -0.3 is 19.9 Å². The van der Waals surface area contributed by atoms with Gasteiger partial charge in [0.2, 0.25) is 0 Å². The highest BCUT2D eigenvalue weighted by Crippen LogP contribution is 2.29. The molecule has 6 nitrogen and oxygen atoms in total. The number of carbonyl (C=O) groups excluding carboxylic acids is 1. The molecule has 2 aromatic carbocycles. The first kappa shape index (κ1) is 19.3. The van der Waals surface area contributed by atoms with Crippen LogP contribution in [0.3, 0.4) is 0 Å². The third-order valence-electron chi connectivity index (χ3n) is 3.86. The second-order valence-corrected chi connectivity index (χ2v) is 5.77. The lowest BCUT2D eigenvalue weighted by molar-refractivity contribution is 0.0695. The molecule has 138 valence electrons. The van der Waals surface area contributed by atoms with Crippen LogP contribution in [0.25, 0.3) is 0 Å². The van der Waals surface area contributed by atoms with Crippen LogP contribution in [0, 0.1) is 13.8 Å². The van der Waals surface area contributed by atoms with Crippen LogP contribution < -0.4 is 14.8 Å². The van der Waals surface area contributed by atoms with Crippen molar-refractivity contribution in [3.63, 3.8) is 0 Å². The molecule has 0 unspecified atom stereocenters. The summed E-state index contributed by atoms with van der Waals surface area (Å²) in [7, 11) is 0. The number of rotatable bonds is 7. The third kappa shape index (κ3) is 4.33. The Morgan fingerprint density at radius 3 is 2.23 bits per heavy atom. The second kappa shape index (κ2) is 8.38. The van der Waals surface area contributed by atoms with Gasteiger partial charge in [0.1, 0.15) is 0 Å². The van der Waals surface area contributed by atoms with Crippen molar-refractivity contribution in [1.82, 2.24) is 0 Å². The fraction of sp³-hybridized carbons (Fsp3) is 0.300. The fourth-order valence-corrected chi connectivity index (χ4v) is 2.60. The number of carbonyl (C=O) groups is 2. The number of hydrogen-bond donors (Lipinski definition) is 2. The quantitative estimate of drug-likeness (QED) is 0.781. The Morgan fingerprint density at radius 2 is 1.62 bits per heavy atom. The van der Waals surface area contributed by atoms with Crippen LogP contribution >= 0.6 is 0 Å². The summed E-state index contributed by atoms with van der Waals surface area (Å²) < 4.78 is 11.0. The zero-order chi connectivity index (χ0) is 19.3. The lowest BCUT2D eigenvalue weighted by Crippen LogP contribution is -2.14. The predicted molar refractivity (Wildman–Crippen MR) is 99.6 cm³/mol. The van der Waals surface area contributed by atoms with Gasteiger partial charge in [-0.3, -0.25) is 4.79 Å². The number of anilines is 1. The lowest BCUT2D eigenvalue weighted by atomic mass is 10.0. The number of aromatic carboxylic acids is 1. The van der Waals surface area contributed by atoms with Crippen LogP contribution in [-0.4, -0.2) is 30.2 Å². The predicted octanol–water partition coefficient (Wildman–Crippen LogP) is 4.05. The van der Waals surface area contributed by atoms with E-state index in [4.69, 9.17) is 9.47 Å². The lowest BCUT2D eigenvalue weighted by Gasteiger charge is -2.14. The number of carboxylic acid groups (broad SMARTS) is 1. The zero-order valence-electron chi connectivity index (χ0n) is 15.4. The van der Waals surface area contributed by atoms with Crippen molar-refractivity contribution in [1.29, 1.82) is 0 Å². The standard InChI is InChI=1S/C20H23NO5/c1-5-25-17-8-7-14(10-18(17)26-6-2)19(22)21-16-11-15(20(23)24)12(3)9-13(16)4/h7-11H,5-6H2,1-4H3,(H,21,22)(H,23,24). The normalized spacial score (nSPS) is 10.3. The van der Waals surface area contributed by atoms with Crippen molar-refractivity contribution in [2.45, 2.75) is 27.7 Å². The minimum absolute atomic E-state index is 0.160. The number of amides is 1. The molecule has 0 saturated carbocycles. The summed E-state index contributed by atoms with van der Waals surface area (Å²) >= 11 is 0. The van der Waals surface area contributed by atoms with Crippen molar-refractivity contribution in [3.8, 4) is 11.5 Å². The van der Waals surface area contributed by atoms with Gasteiger partial charge in [0.25, 0.3) is 5.91 Å². The van der Waals surface area contributed by atoms with E-state index in [-0.39, 0.29) is 11.5 Å². The maximum Gasteiger partial charge on any atom is 0.336 e. The Balaban J connectivity index is 2.31. The number of hydrogen-bond acceptors (Lipinski definition) is 4. The highest BCUT2D eigenvalue weighted by atomic mass is 16.5. The van der Waals surface area contributed by atoms with Gasteiger partial charge in [-0.15, -0.1) is 0 Å². The van der Waals surface area contributed by atoms with Crippen LogP contribution in [0.5, 0.6) is 11.5 Å². The van der Waals surface area contributed by atoms with E-state index in [0.29, 0.717) is 41.5 Å². The molecule has 0 radical (unpaired) electrons. The molecule has 0 heterocycles. The highest BCUT2D eigenvalue weighted by Gasteiger charge is 2.15. The molecule has 0 bridgehead atoms. The molecule has 0 atom stereocenters. The number of benzene rings is 2. The Kier molecular flexibility index (Phi) is 6.22. The Hall–Kier alpha value is -3.02. The van der Waals surface area contributed by atoms with E-state index in [1.165, 1.54) is 6.07 Å². The van der Waals surface area contributed by atoms with Crippen molar-refractivity contribution < 1.29 is 24.2 Å². The van der Waals surface area contributed by atoms with Gasteiger partial charge in [-0.1, -0.05) is 6.07 Å². The summed E-state index contributed by atoms with van der Waals surface area (Å²) in [5, 5.41) is 12.0. The molecule has 2 aromatic rings. The summed E-state index contributed by atoms with van der Waals surface area (Å²) in [6.45, 7) is 8.21. The fourth-order valence-electron chi connectivity index (χ4n) is 2.60. The van der Waals surface area contributed by atoms with E-state index in [1.807, 2.05) is 20.8 Å². The highest BCUT2D eigenvalue weighted by molar-refractivity contribution is 6.05. The molecule has 2 N–H and O–H groups in total. The van der Waals surface area contributed by atoms with Gasteiger partial charge in [0.15, 0.2) is 11.5 Å². The summed E-state index contributed by atoms with van der Waals surface area (Å²) in [6.07, 6.45) is 0. The number of nitrogens with one attached hydrogen (secondary N) is 1. The molecule has 0 fully saturated rings. The van der Waals surface area contributed by atoms with Gasteiger partial charge in [-0.05, 0) is 63.1 Å². The Labute approximate surface area is 152 Å². The molecule has 26 heavy (non-hydrogen) atoms. The first-order chi connectivity index (χ1) is 12.4. The molecular weight excluding hydrogens is 334 g/mol. The van der Waals surface area contributed by atoms with Gasteiger partial charge in [-0.2, -0.15) is 0 Å². The van der Waals surface area contributed by atoms with Crippen molar-refractivity contribution >= 4 is 17.6 Å². The van der Waals surface area contributed by atoms with Gasteiger partial charge in [0.05, 0.1) is 18.8 Å². The Morgan fingerprint density at radius 1 is 0.962 bits per heavy atom. The average molecular weight is 357 g/mol. The Bertz CT molecular complexity index is 829. The molecule has 0 aliphatic rings. The first-order valence-electron chi connectivity index (χ1n) is 8.42. The maximum absolute atomic E-state index is 12.6. The van der Waals surface area contributed by atoms with Gasteiger partial charge in [0, 0.05) is 11.3 Å². The van der Waals surface area contributed by atoms with Crippen molar-refractivity contribution in [2.75, 3.05) is 18.5 Å². The first-order valence-corrected chi connectivity index (χ1v) is 8.42. The third-order valence-corrected chi connectivity index (χ3v) is 3.86. The summed E-state index contributed by atoms with van der Waals surface area (Å²) in [5.74, 6) is -0.311. The smallest absolute Gasteiger partial charge is 0.336 e. The van der Waals surface area contributed by atoms with E-state index in [2.05, 4.69) is 5.32 Å². The average Bonchev–Trinajstić information content (AvgIpc) is 2.58. The number of aryl methyl sites for hydroxylation is 2. The number of carboxylic acids is 1. The van der Waals surface area contributed by atoms with E-state index < -0.39 is 5.97 Å². The minimum Gasteiger partial charge on any atom is -0.490 e. The molecule has 2 rings (SSSR count). The van der Waals surface area contributed by atoms with E-state index in [1.54, 1.807) is 31.2 Å².